The molecular weight excluding hydrogens is 374 g/mol. The van der Waals surface area contributed by atoms with Crippen LogP contribution >= 0.6 is 11.6 Å². The van der Waals surface area contributed by atoms with Crippen molar-refractivity contribution in [2.75, 3.05) is 18.5 Å². The molecule has 9 heteroatoms. The molecule has 8 nitrogen and oxygen atoms in total. The van der Waals surface area contributed by atoms with Gasteiger partial charge in [-0.25, -0.2) is 0 Å². The van der Waals surface area contributed by atoms with Crippen LogP contribution in [0.1, 0.15) is 18.7 Å². The minimum atomic E-state index is -0.232. The maximum atomic E-state index is 12.3. The minimum absolute atomic E-state index is 0.157. The number of hydrogen-bond acceptors (Lipinski definition) is 7. The number of halogens is 1. The van der Waals surface area contributed by atoms with E-state index in [1.807, 2.05) is 0 Å². The standard InChI is InChI=1S/C18H16ClN3O5/c19-11-9-14-15(26-8-2-7-25-14)10-12(11)20-16(23)4-5-17-21-18(22-27-17)13-3-1-6-24-13/h1,3,6,9-10H,2,4-5,7-8H2,(H,20,23). The van der Waals surface area contributed by atoms with Crippen LogP contribution in [0.25, 0.3) is 11.6 Å². The molecule has 0 saturated heterocycles. The summed E-state index contributed by atoms with van der Waals surface area (Å²) in [5.41, 5.74) is 0.465. The van der Waals surface area contributed by atoms with Crippen LogP contribution in [0.2, 0.25) is 5.02 Å². The summed E-state index contributed by atoms with van der Waals surface area (Å²) in [4.78, 5) is 16.5. The number of fused-ring (bicyclic) bond motifs is 1. The Morgan fingerprint density at radius 1 is 1.22 bits per heavy atom. The quantitative estimate of drug-likeness (QED) is 0.709. The number of aryl methyl sites for hydroxylation is 1. The van der Waals surface area contributed by atoms with Crippen molar-refractivity contribution < 1.29 is 23.2 Å². The first kappa shape index (κ1) is 17.4. The topological polar surface area (TPSA) is 99.6 Å². The molecule has 1 amide bonds. The van der Waals surface area contributed by atoms with Crippen molar-refractivity contribution in [3.05, 3.63) is 41.4 Å². The van der Waals surface area contributed by atoms with E-state index in [-0.39, 0.29) is 12.3 Å². The highest BCUT2D eigenvalue weighted by Gasteiger charge is 2.17. The Hall–Kier alpha value is -3.00. The van der Waals surface area contributed by atoms with Crippen LogP contribution in [-0.2, 0) is 11.2 Å². The molecule has 1 N–H and O–H groups in total. The Bertz CT molecular complexity index is 939. The van der Waals surface area contributed by atoms with Crippen LogP contribution in [-0.4, -0.2) is 29.3 Å². The second-order valence-electron chi connectivity index (χ2n) is 5.87. The number of ether oxygens (including phenoxy) is 2. The van der Waals surface area contributed by atoms with Crippen LogP contribution in [0.5, 0.6) is 11.5 Å². The average molecular weight is 390 g/mol. The number of hydrogen-bond donors (Lipinski definition) is 1. The van der Waals surface area contributed by atoms with Crippen molar-refractivity contribution in [1.29, 1.82) is 0 Å². The fraction of sp³-hybridized carbons (Fsp3) is 0.278. The number of nitrogens with one attached hydrogen (secondary N) is 1. The molecule has 3 aromatic rings. The highest BCUT2D eigenvalue weighted by atomic mass is 35.5. The molecule has 1 aromatic carbocycles. The molecule has 1 aliphatic heterocycles. The van der Waals surface area contributed by atoms with Gasteiger partial charge in [0.25, 0.3) is 0 Å². The first-order valence-electron chi connectivity index (χ1n) is 8.44. The van der Waals surface area contributed by atoms with Gasteiger partial charge in [0.1, 0.15) is 0 Å². The lowest BCUT2D eigenvalue weighted by atomic mass is 10.2. The summed E-state index contributed by atoms with van der Waals surface area (Å²) in [7, 11) is 0. The number of furan rings is 1. The second-order valence-corrected chi connectivity index (χ2v) is 6.27. The zero-order valence-electron chi connectivity index (χ0n) is 14.2. The Morgan fingerprint density at radius 3 is 2.81 bits per heavy atom. The van der Waals surface area contributed by atoms with E-state index in [0.717, 1.165) is 6.42 Å². The van der Waals surface area contributed by atoms with Crippen LogP contribution in [0.15, 0.2) is 39.5 Å². The van der Waals surface area contributed by atoms with Crippen molar-refractivity contribution in [3.63, 3.8) is 0 Å². The third kappa shape index (κ3) is 4.06. The third-order valence-electron chi connectivity index (χ3n) is 3.89. The van der Waals surface area contributed by atoms with E-state index in [1.54, 1.807) is 24.3 Å². The van der Waals surface area contributed by atoms with Crippen LogP contribution < -0.4 is 14.8 Å². The summed E-state index contributed by atoms with van der Waals surface area (Å²) in [6.45, 7) is 1.12. The van der Waals surface area contributed by atoms with E-state index < -0.39 is 0 Å². The fourth-order valence-corrected chi connectivity index (χ4v) is 2.78. The first-order chi connectivity index (χ1) is 13.2. The zero-order valence-corrected chi connectivity index (χ0v) is 15.0. The molecule has 140 valence electrons. The van der Waals surface area contributed by atoms with Crippen molar-refractivity contribution in [1.82, 2.24) is 10.1 Å². The highest BCUT2D eigenvalue weighted by Crippen LogP contribution is 2.37. The number of carbonyl (C=O) groups is 1. The fourth-order valence-electron chi connectivity index (χ4n) is 2.58. The van der Waals surface area contributed by atoms with Gasteiger partial charge in [-0.2, -0.15) is 4.98 Å². The normalized spacial score (nSPS) is 13.2. The SMILES string of the molecule is O=C(CCc1nc(-c2ccco2)no1)Nc1cc2c(cc1Cl)OCCCO2. The van der Waals surface area contributed by atoms with Crippen LogP contribution in [0, 0.1) is 0 Å². The monoisotopic (exact) mass is 389 g/mol. The molecule has 0 spiro atoms. The van der Waals surface area contributed by atoms with Crippen LogP contribution in [0.3, 0.4) is 0 Å². The molecule has 0 saturated carbocycles. The zero-order chi connectivity index (χ0) is 18.6. The summed E-state index contributed by atoms with van der Waals surface area (Å²) in [6.07, 6.45) is 2.77. The molecule has 0 fully saturated rings. The van der Waals surface area contributed by atoms with E-state index in [0.29, 0.717) is 59.3 Å². The molecule has 1 aliphatic rings. The van der Waals surface area contributed by atoms with Gasteiger partial charge in [0.2, 0.25) is 17.6 Å². The van der Waals surface area contributed by atoms with Crippen molar-refractivity contribution in [2.45, 2.75) is 19.3 Å². The summed E-state index contributed by atoms with van der Waals surface area (Å²) < 4.78 is 21.5. The lowest BCUT2D eigenvalue weighted by molar-refractivity contribution is -0.116. The summed E-state index contributed by atoms with van der Waals surface area (Å²) in [5.74, 6) is 2.11. The number of benzene rings is 1. The van der Waals surface area contributed by atoms with Gasteiger partial charge in [0.05, 0.1) is 30.2 Å². The number of nitrogens with zero attached hydrogens (tertiary/aromatic N) is 2. The molecular formula is C18H16ClN3O5. The molecule has 0 bridgehead atoms. The molecule has 0 aliphatic carbocycles. The third-order valence-corrected chi connectivity index (χ3v) is 4.20. The number of amides is 1. The van der Waals surface area contributed by atoms with Gasteiger partial charge < -0.3 is 23.7 Å². The molecule has 4 rings (SSSR count). The van der Waals surface area contributed by atoms with E-state index in [1.165, 1.54) is 6.26 Å². The smallest absolute Gasteiger partial charge is 0.238 e. The molecule has 0 radical (unpaired) electrons. The Kier molecular flexibility index (Phi) is 4.97. The lowest BCUT2D eigenvalue weighted by Gasteiger charge is -2.12. The van der Waals surface area contributed by atoms with Gasteiger partial charge in [0, 0.05) is 31.4 Å². The second kappa shape index (κ2) is 7.71. The van der Waals surface area contributed by atoms with Gasteiger partial charge >= 0.3 is 0 Å². The number of carbonyl (C=O) groups excluding carboxylic acids is 1. The summed E-state index contributed by atoms with van der Waals surface area (Å²) in [5, 5.41) is 6.98. The van der Waals surface area contributed by atoms with E-state index in [2.05, 4.69) is 15.5 Å². The maximum Gasteiger partial charge on any atom is 0.238 e. The first-order valence-corrected chi connectivity index (χ1v) is 8.82. The predicted molar refractivity (Wildman–Crippen MR) is 96.0 cm³/mol. The van der Waals surface area contributed by atoms with Crippen LogP contribution in [0.4, 0.5) is 5.69 Å². The maximum absolute atomic E-state index is 12.3. The lowest BCUT2D eigenvalue weighted by Crippen LogP contribution is -2.13. The molecule has 27 heavy (non-hydrogen) atoms. The molecule has 0 unspecified atom stereocenters. The van der Waals surface area contributed by atoms with E-state index in [9.17, 15) is 4.79 Å². The number of anilines is 1. The van der Waals surface area contributed by atoms with Gasteiger partial charge in [-0.1, -0.05) is 16.8 Å². The number of aromatic nitrogens is 2. The van der Waals surface area contributed by atoms with Gasteiger partial charge in [-0.3, -0.25) is 4.79 Å². The minimum Gasteiger partial charge on any atom is -0.490 e. The van der Waals surface area contributed by atoms with Gasteiger partial charge in [-0.15, -0.1) is 0 Å². The predicted octanol–water partition coefficient (Wildman–Crippen LogP) is 3.72. The highest BCUT2D eigenvalue weighted by molar-refractivity contribution is 6.34. The van der Waals surface area contributed by atoms with E-state index in [4.69, 9.17) is 30.0 Å². The van der Waals surface area contributed by atoms with Gasteiger partial charge in [-0.05, 0) is 12.1 Å². The molecule has 2 aromatic heterocycles. The summed E-state index contributed by atoms with van der Waals surface area (Å²) in [6, 6.07) is 6.78. The number of rotatable bonds is 5. The Balaban J connectivity index is 1.38. The Morgan fingerprint density at radius 2 is 2.04 bits per heavy atom. The van der Waals surface area contributed by atoms with Crippen molar-refractivity contribution in [2.24, 2.45) is 0 Å². The molecule has 0 atom stereocenters. The average Bonchev–Trinajstić information content (AvgIpc) is 3.30. The largest absolute Gasteiger partial charge is 0.490 e. The van der Waals surface area contributed by atoms with Crippen molar-refractivity contribution in [3.8, 4) is 23.1 Å². The van der Waals surface area contributed by atoms with E-state index >= 15 is 0 Å². The molecule has 3 heterocycles. The van der Waals surface area contributed by atoms with Gasteiger partial charge in [0.15, 0.2) is 17.3 Å². The summed E-state index contributed by atoms with van der Waals surface area (Å²) >= 11 is 6.23. The Labute approximate surface area is 159 Å². The van der Waals surface area contributed by atoms with Crippen molar-refractivity contribution >= 4 is 23.2 Å².